The third kappa shape index (κ3) is 10.5. The molecule has 1 fully saturated rings. The molecule has 1 N–H and O–H groups in total. The summed E-state index contributed by atoms with van der Waals surface area (Å²) in [5.41, 5.74) is 6.18. The predicted molar refractivity (Wildman–Crippen MR) is 177 cm³/mol. The van der Waals surface area contributed by atoms with Gasteiger partial charge >= 0.3 is 8.60 Å². The van der Waals surface area contributed by atoms with Crippen LogP contribution in [-0.4, -0.2) is 18.1 Å². The van der Waals surface area contributed by atoms with E-state index in [4.69, 9.17) is 9.05 Å². The molecule has 2 aromatic carbocycles. The molecule has 0 aliphatic carbocycles. The Kier molecular flexibility index (Phi) is 13.4. The summed E-state index contributed by atoms with van der Waals surface area (Å²) in [4.78, 5) is 10.6. The Morgan fingerprint density at radius 2 is 1.10 bits per heavy atom. The minimum atomic E-state index is -1.82. The van der Waals surface area contributed by atoms with E-state index in [1.807, 2.05) is 0 Å². The van der Waals surface area contributed by atoms with Crippen molar-refractivity contribution in [3.63, 3.8) is 0 Å². The van der Waals surface area contributed by atoms with Crippen molar-refractivity contribution in [3.8, 4) is 0 Å². The van der Waals surface area contributed by atoms with Crippen molar-refractivity contribution in [3.05, 3.63) is 70.8 Å². The molecule has 0 aromatic heterocycles. The van der Waals surface area contributed by atoms with E-state index in [0.717, 1.165) is 19.3 Å². The summed E-state index contributed by atoms with van der Waals surface area (Å²) in [5, 5.41) is 0. The minimum absolute atomic E-state index is 0.112. The number of hydrogen-bond acceptors (Lipinski definition) is 3. The first-order valence-electron chi connectivity index (χ1n) is 16.4. The number of hydrogen-bond donors (Lipinski definition) is 1. The Labute approximate surface area is 253 Å². The van der Waals surface area contributed by atoms with E-state index in [1.165, 1.54) is 60.8 Å². The van der Waals surface area contributed by atoms with Gasteiger partial charge in [-0.05, 0) is 88.9 Å². The summed E-state index contributed by atoms with van der Waals surface area (Å²) in [6, 6.07) is 18.2. The van der Waals surface area contributed by atoms with E-state index in [1.54, 1.807) is 0 Å². The number of unbranched alkanes of at least 4 members (excludes halogenated alkanes) is 2. The summed E-state index contributed by atoms with van der Waals surface area (Å²) in [6.07, 6.45) is 10.6. The Hall–Kier alpha value is -1.25. The molecule has 0 saturated carbocycles. The van der Waals surface area contributed by atoms with Crippen LogP contribution in [0.5, 0.6) is 0 Å². The highest BCUT2D eigenvalue weighted by Gasteiger charge is 2.31. The molecule has 1 aliphatic heterocycles. The Bertz CT molecular complexity index is 955. The van der Waals surface area contributed by atoms with Crippen LogP contribution in [0.1, 0.15) is 147 Å². The second-order valence-corrected chi connectivity index (χ2v) is 15.6. The summed E-state index contributed by atoms with van der Waals surface area (Å²) in [5.74, 6) is 1.81. The molecule has 3 nitrogen and oxygen atoms in total. The second-order valence-electron chi connectivity index (χ2n) is 14.6. The first kappa shape index (κ1) is 34.2. The van der Waals surface area contributed by atoms with Crippen LogP contribution in [0.15, 0.2) is 48.5 Å². The van der Waals surface area contributed by atoms with Crippen molar-refractivity contribution in [2.45, 2.75) is 136 Å². The molecule has 4 atom stereocenters. The van der Waals surface area contributed by atoms with Crippen LogP contribution in [-0.2, 0) is 19.9 Å². The van der Waals surface area contributed by atoms with Gasteiger partial charge in [-0.2, -0.15) is 0 Å². The van der Waals surface area contributed by atoms with Crippen molar-refractivity contribution in [1.82, 2.24) is 0 Å². The Morgan fingerprint density at radius 1 is 0.707 bits per heavy atom. The lowest BCUT2D eigenvalue weighted by molar-refractivity contribution is 0.0959. The lowest BCUT2D eigenvalue weighted by atomic mass is 9.73. The lowest BCUT2D eigenvalue weighted by Crippen LogP contribution is -2.25. The molecule has 0 amide bonds. The van der Waals surface area contributed by atoms with Crippen LogP contribution in [0.4, 0.5) is 0 Å². The van der Waals surface area contributed by atoms with Gasteiger partial charge in [-0.15, -0.1) is 0 Å². The maximum atomic E-state index is 10.6. The van der Waals surface area contributed by atoms with Crippen LogP contribution >= 0.6 is 8.60 Å². The Morgan fingerprint density at radius 3 is 1.46 bits per heavy atom. The molecule has 0 radical (unpaired) electrons. The minimum Gasteiger partial charge on any atom is -0.328 e. The van der Waals surface area contributed by atoms with Crippen molar-refractivity contribution >= 4 is 8.60 Å². The van der Waals surface area contributed by atoms with Crippen molar-refractivity contribution in [2.24, 2.45) is 11.8 Å². The molecule has 1 aliphatic rings. The Balaban J connectivity index is 1.89. The molecule has 4 unspecified atom stereocenters. The maximum Gasteiger partial charge on any atom is 0.329 e. The highest BCUT2D eigenvalue weighted by atomic mass is 31.2. The highest BCUT2D eigenvalue weighted by Crippen LogP contribution is 2.45. The maximum absolute atomic E-state index is 10.6. The lowest BCUT2D eigenvalue weighted by Gasteiger charge is -2.34. The summed E-state index contributed by atoms with van der Waals surface area (Å²) in [6.45, 7) is 19.8. The van der Waals surface area contributed by atoms with Gasteiger partial charge in [-0.1, -0.05) is 130 Å². The van der Waals surface area contributed by atoms with Crippen LogP contribution in [0.3, 0.4) is 0 Å². The third-order valence-electron chi connectivity index (χ3n) is 8.97. The van der Waals surface area contributed by atoms with Gasteiger partial charge in [-0.25, -0.2) is 0 Å². The van der Waals surface area contributed by atoms with Gasteiger partial charge in [0.15, 0.2) is 0 Å². The van der Waals surface area contributed by atoms with Crippen LogP contribution in [0, 0.1) is 11.8 Å². The first-order valence-corrected chi connectivity index (χ1v) is 17.5. The molecule has 2 aromatic rings. The van der Waals surface area contributed by atoms with Gasteiger partial charge < -0.3 is 13.9 Å². The summed E-state index contributed by atoms with van der Waals surface area (Å²) >= 11 is 0. The van der Waals surface area contributed by atoms with Gasteiger partial charge in [0.1, 0.15) is 0 Å². The smallest absolute Gasteiger partial charge is 0.328 e. The van der Waals surface area contributed by atoms with Gasteiger partial charge in [0.2, 0.25) is 0 Å². The van der Waals surface area contributed by atoms with Crippen LogP contribution in [0.25, 0.3) is 0 Å². The normalized spacial score (nSPS) is 22.1. The van der Waals surface area contributed by atoms with Gasteiger partial charge in [0, 0.05) is 0 Å². The largest absolute Gasteiger partial charge is 0.329 e. The molecule has 0 bridgehead atoms. The zero-order chi connectivity index (χ0) is 30.0. The third-order valence-corrected chi connectivity index (χ3v) is 9.71. The van der Waals surface area contributed by atoms with Crippen LogP contribution in [0.2, 0.25) is 0 Å². The predicted octanol–water partition coefficient (Wildman–Crippen LogP) is 11.2. The van der Waals surface area contributed by atoms with Gasteiger partial charge in [-0.3, -0.25) is 0 Å². The molecular weight excluding hydrogens is 523 g/mol. The molecule has 41 heavy (non-hydrogen) atoms. The summed E-state index contributed by atoms with van der Waals surface area (Å²) < 4.78 is 11.8. The standard InChI is InChI=1S/C37H59O3P/c1-9-11-17-30(32-19-13-15-21-34(32)36(3,4)5)24-28-23-29(27-40-41(38)39-26-28)25-31(18-12-10-2)33-20-14-16-22-35(33)37(6,7)8/h13-16,19-22,28-31,38H,9-12,17-18,23-27H2,1-8H3. The second kappa shape index (κ2) is 16.0. The van der Waals surface area contributed by atoms with Crippen molar-refractivity contribution in [1.29, 1.82) is 0 Å². The first-order chi connectivity index (χ1) is 19.4. The van der Waals surface area contributed by atoms with Crippen molar-refractivity contribution < 1.29 is 13.9 Å². The number of rotatable bonds is 12. The van der Waals surface area contributed by atoms with E-state index >= 15 is 0 Å². The molecule has 1 heterocycles. The van der Waals surface area contributed by atoms with E-state index in [2.05, 4.69) is 104 Å². The highest BCUT2D eigenvalue weighted by molar-refractivity contribution is 7.40. The molecule has 0 spiro atoms. The molecule has 4 heteroatoms. The van der Waals surface area contributed by atoms with E-state index in [-0.39, 0.29) is 10.8 Å². The van der Waals surface area contributed by atoms with E-state index < -0.39 is 8.60 Å². The van der Waals surface area contributed by atoms with Gasteiger partial charge in [0.25, 0.3) is 0 Å². The van der Waals surface area contributed by atoms with Crippen molar-refractivity contribution in [2.75, 3.05) is 13.2 Å². The fourth-order valence-corrected chi connectivity index (χ4v) is 7.64. The zero-order valence-electron chi connectivity index (χ0n) is 27.4. The average molecular weight is 583 g/mol. The SMILES string of the molecule is CCCCC(CC1COP(O)OCC(CC(CCCC)c2ccccc2C(C)(C)C)C1)c1ccccc1C(C)(C)C. The topological polar surface area (TPSA) is 38.7 Å². The van der Waals surface area contributed by atoms with E-state index in [0.29, 0.717) is 36.9 Å². The zero-order valence-corrected chi connectivity index (χ0v) is 28.3. The molecular formula is C37H59O3P. The fourth-order valence-electron chi connectivity index (χ4n) is 6.89. The molecule has 3 rings (SSSR count). The monoisotopic (exact) mass is 582 g/mol. The van der Waals surface area contributed by atoms with Crippen LogP contribution < -0.4 is 0 Å². The average Bonchev–Trinajstić information content (AvgIpc) is 2.92. The molecule has 1 saturated heterocycles. The molecule has 230 valence electrons. The quantitative estimate of drug-likeness (QED) is 0.253. The van der Waals surface area contributed by atoms with Gasteiger partial charge in [0.05, 0.1) is 13.2 Å². The van der Waals surface area contributed by atoms with E-state index in [9.17, 15) is 4.89 Å². The number of benzene rings is 2. The fraction of sp³-hybridized carbons (Fsp3) is 0.676. The summed E-state index contributed by atoms with van der Waals surface area (Å²) in [7, 11) is -1.82.